The molecule has 0 aliphatic heterocycles. The van der Waals surface area contributed by atoms with Crippen molar-refractivity contribution in [1.82, 2.24) is 10.3 Å². The first-order chi connectivity index (χ1) is 8.60. The van der Waals surface area contributed by atoms with Gasteiger partial charge in [-0.2, -0.15) is 0 Å². The summed E-state index contributed by atoms with van der Waals surface area (Å²) in [5.74, 6) is -0.282. The minimum atomic E-state index is -0.293. The summed E-state index contributed by atoms with van der Waals surface area (Å²) in [5.41, 5.74) is 1.81. The number of rotatable bonds is 6. The summed E-state index contributed by atoms with van der Waals surface area (Å²) in [5, 5.41) is 2.76. The minimum absolute atomic E-state index is 0.212. The van der Waals surface area contributed by atoms with Crippen LogP contribution in [0.5, 0.6) is 0 Å². The zero-order valence-corrected chi connectivity index (χ0v) is 11.4. The lowest BCUT2D eigenvalue weighted by Crippen LogP contribution is -2.31. The van der Waals surface area contributed by atoms with E-state index in [4.69, 9.17) is 0 Å². The average molecular weight is 250 g/mol. The number of amides is 1. The van der Waals surface area contributed by atoms with Crippen molar-refractivity contribution in [1.29, 1.82) is 0 Å². The van der Waals surface area contributed by atoms with Gasteiger partial charge in [0.15, 0.2) is 0 Å². The van der Waals surface area contributed by atoms with Crippen molar-refractivity contribution in [3.63, 3.8) is 0 Å². The number of carbonyl (C=O) groups is 1. The van der Waals surface area contributed by atoms with Gasteiger partial charge in [-0.15, -0.1) is 0 Å². The predicted octanol–water partition coefficient (Wildman–Crippen LogP) is 2.17. The van der Waals surface area contributed by atoms with E-state index in [1.807, 2.05) is 6.92 Å². The number of hydrogen-bond donors (Lipinski definition) is 2. The molecule has 0 aromatic carbocycles. The molecule has 0 saturated carbocycles. The highest BCUT2D eigenvalue weighted by Gasteiger charge is 2.12. The molecule has 1 heterocycles. The van der Waals surface area contributed by atoms with Crippen LogP contribution in [0.1, 0.15) is 54.7 Å². The number of carbonyl (C=O) groups excluding carboxylic acids is 1. The van der Waals surface area contributed by atoms with Crippen LogP contribution >= 0.6 is 0 Å². The summed E-state index contributed by atoms with van der Waals surface area (Å²) < 4.78 is 0. The monoisotopic (exact) mass is 250 g/mol. The van der Waals surface area contributed by atoms with Gasteiger partial charge in [0.2, 0.25) is 0 Å². The SMILES string of the molecule is CCCCNC(=O)c1cc(C)c(CCC)[nH]c1=O. The number of hydrogen-bond acceptors (Lipinski definition) is 2. The summed E-state index contributed by atoms with van der Waals surface area (Å²) in [7, 11) is 0. The molecule has 0 fully saturated rings. The van der Waals surface area contributed by atoms with E-state index in [9.17, 15) is 9.59 Å². The van der Waals surface area contributed by atoms with Gasteiger partial charge in [0.1, 0.15) is 5.56 Å². The molecule has 2 N–H and O–H groups in total. The van der Waals surface area contributed by atoms with Crippen molar-refractivity contribution in [3.05, 3.63) is 33.2 Å². The number of aromatic nitrogens is 1. The summed E-state index contributed by atoms with van der Waals surface area (Å²) >= 11 is 0. The fourth-order valence-electron chi connectivity index (χ4n) is 1.82. The van der Waals surface area contributed by atoms with Gasteiger partial charge in [0.25, 0.3) is 11.5 Å². The topological polar surface area (TPSA) is 62.0 Å². The first kappa shape index (κ1) is 14.5. The van der Waals surface area contributed by atoms with Crippen molar-refractivity contribution in [2.24, 2.45) is 0 Å². The van der Waals surface area contributed by atoms with Crippen LogP contribution in [0.25, 0.3) is 0 Å². The average Bonchev–Trinajstić information content (AvgIpc) is 2.34. The molecule has 1 rings (SSSR count). The quantitative estimate of drug-likeness (QED) is 0.760. The summed E-state index contributed by atoms with van der Waals surface area (Å²) in [6.45, 7) is 6.65. The molecule has 0 bridgehead atoms. The van der Waals surface area contributed by atoms with Gasteiger partial charge in [0.05, 0.1) is 0 Å². The third-order valence-electron chi connectivity index (χ3n) is 2.91. The molecule has 1 aromatic heterocycles. The Morgan fingerprint density at radius 2 is 2.06 bits per heavy atom. The first-order valence-electron chi connectivity index (χ1n) is 6.61. The van der Waals surface area contributed by atoms with Gasteiger partial charge in [-0.25, -0.2) is 0 Å². The van der Waals surface area contributed by atoms with Crippen molar-refractivity contribution in [3.8, 4) is 0 Å². The van der Waals surface area contributed by atoms with Crippen LogP contribution in [0.3, 0.4) is 0 Å². The van der Waals surface area contributed by atoms with Crippen LogP contribution in [0.2, 0.25) is 0 Å². The minimum Gasteiger partial charge on any atom is -0.352 e. The lowest BCUT2D eigenvalue weighted by molar-refractivity contribution is 0.0951. The van der Waals surface area contributed by atoms with Crippen LogP contribution < -0.4 is 10.9 Å². The van der Waals surface area contributed by atoms with E-state index in [1.165, 1.54) is 0 Å². The van der Waals surface area contributed by atoms with Gasteiger partial charge in [-0.3, -0.25) is 9.59 Å². The molecular formula is C14H22N2O2. The Labute approximate surface area is 108 Å². The van der Waals surface area contributed by atoms with Crippen LogP contribution in [0, 0.1) is 6.92 Å². The van der Waals surface area contributed by atoms with Crippen LogP contribution in [-0.2, 0) is 6.42 Å². The fraction of sp³-hybridized carbons (Fsp3) is 0.571. The van der Waals surface area contributed by atoms with Crippen LogP contribution in [0.4, 0.5) is 0 Å². The third kappa shape index (κ3) is 3.72. The lowest BCUT2D eigenvalue weighted by atomic mass is 10.1. The number of unbranched alkanes of at least 4 members (excludes halogenated alkanes) is 1. The molecule has 18 heavy (non-hydrogen) atoms. The lowest BCUT2D eigenvalue weighted by Gasteiger charge is -2.08. The van der Waals surface area contributed by atoms with Crippen molar-refractivity contribution in [2.75, 3.05) is 6.54 Å². The third-order valence-corrected chi connectivity index (χ3v) is 2.91. The molecule has 0 aliphatic rings. The largest absolute Gasteiger partial charge is 0.352 e. The second kappa shape index (κ2) is 6.99. The Morgan fingerprint density at radius 3 is 2.67 bits per heavy atom. The van der Waals surface area contributed by atoms with Crippen LogP contribution in [0.15, 0.2) is 10.9 Å². The Morgan fingerprint density at radius 1 is 1.33 bits per heavy atom. The molecule has 100 valence electrons. The maximum absolute atomic E-state index is 11.8. The zero-order chi connectivity index (χ0) is 13.5. The maximum Gasteiger partial charge on any atom is 0.261 e. The molecule has 0 atom stereocenters. The summed E-state index contributed by atoms with van der Waals surface area (Å²) in [6, 6.07) is 1.69. The van der Waals surface area contributed by atoms with E-state index in [0.717, 1.165) is 36.9 Å². The normalized spacial score (nSPS) is 10.4. The molecule has 1 amide bonds. The van der Waals surface area contributed by atoms with Gasteiger partial charge in [-0.1, -0.05) is 26.7 Å². The molecule has 4 heteroatoms. The number of H-pyrrole nitrogens is 1. The van der Waals surface area contributed by atoms with E-state index in [1.54, 1.807) is 6.07 Å². The number of aromatic amines is 1. The molecule has 0 aliphatic carbocycles. The summed E-state index contributed by atoms with van der Waals surface area (Å²) in [6.07, 6.45) is 3.75. The highest BCUT2D eigenvalue weighted by molar-refractivity contribution is 5.93. The van der Waals surface area contributed by atoms with E-state index in [2.05, 4.69) is 24.1 Å². The zero-order valence-electron chi connectivity index (χ0n) is 11.4. The fourth-order valence-corrected chi connectivity index (χ4v) is 1.82. The summed E-state index contributed by atoms with van der Waals surface area (Å²) in [4.78, 5) is 26.5. The van der Waals surface area contributed by atoms with E-state index >= 15 is 0 Å². The second-order valence-corrected chi connectivity index (χ2v) is 4.53. The Hall–Kier alpha value is -1.58. The highest BCUT2D eigenvalue weighted by Crippen LogP contribution is 2.06. The van der Waals surface area contributed by atoms with Gasteiger partial charge in [0, 0.05) is 12.2 Å². The van der Waals surface area contributed by atoms with Crippen molar-refractivity contribution >= 4 is 5.91 Å². The highest BCUT2D eigenvalue weighted by atomic mass is 16.2. The Balaban J connectivity index is 2.87. The van der Waals surface area contributed by atoms with Gasteiger partial charge in [-0.05, 0) is 31.4 Å². The molecule has 0 spiro atoms. The second-order valence-electron chi connectivity index (χ2n) is 4.53. The molecule has 0 unspecified atom stereocenters. The standard InChI is InChI=1S/C14H22N2O2/c1-4-6-8-15-13(17)11-9-10(3)12(7-5-2)16-14(11)18/h9H,4-8H2,1-3H3,(H,15,17)(H,16,18). The Kier molecular flexibility index (Phi) is 5.62. The van der Waals surface area contributed by atoms with Crippen molar-refractivity contribution in [2.45, 2.75) is 46.5 Å². The molecule has 4 nitrogen and oxygen atoms in total. The van der Waals surface area contributed by atoms with E-state index < -0.39 is 0 Å². The Bertz CT molecular complexity index is 463. The van der Waals surface area contributed by atoms with Crippen LogP contribution in [-0.4, -0.2) is 17.4 Å². The molecular weight excluding hydrogens is 228 g/mol. The number of aryl methyl sites for hydroxylation is 2. The molecule has 0 saturated heterocycles. The number of nitrogens with one attached hydrogen (secondary N) is 2. The molecule has 1 aromatic rings. The molecule has 0 radical (unpaired) electrons. The van der Waals surface area contributed by atoms with E-state index in [-0.39, 0.29) is 17.0 Å². The smallest absolute Gasteiger partial charge is 0.261 e. The van der Waals surface area contributed by atoms with Gasteiger partial charge < -0.3 is 10.3 Å². The first-order valence-corrected chi connectivity index (χ1v) is 6.61. The maximum atomic E-state index is 11.8. The van der Waals surface area contributed by atoms with Gasteiger partial charge >= 0.3 is 0 Å². The predicted molar refractivity (Wildman–Crippen MR) is 73.0 cm³/mol. The van der Waals surface area contributed by atoms with Crippen molar-refractivity contribution < 1.29 is 4.79 Å². The number of pyridine rings is 1. The van der Waals surface area contributed by atoms with E-state index in [0.29, 0.717) is 6.54 Å².